The molecule has 0 aliphatic rings. The molecule has 1 aromatic carbocycles. The van der Waals surface area contributed by atoms with Crippen LogP contribution < -0.4 is 4.74 Å². The molecule has 0 atom stereocenters. The molecule has 0 heterocycles. The van der Waals surface area contributed by atoms with Crippen LogP contribution in [-0.4, -0.2) is 18.2 Å². The first-order valence-electron chi connectivity index (χ1n) is 4.04. The molecule has 0 amide bonds. The van der Waals surface area contributed by atoms with Crippen molar-refractivity contribution in [3.63, 3.8) is 0 Å². The summed E-state index contributed by atoms with van der Waals surface area (Å²) < 4.78 is 4.97. The third kappa shape index (κ3) is 2.20. The Morgan fingerprint density at radius 3 is 2.73 bits per heavy atom. The number of carboxylic acid groups (broad SMARTS) is 1. The highest BCUT2D eigenvalue weighted by Crippen LogP contribution is 2.26. The Morgan fingerprint density at radius 2 is 2.33 bits per heavy atom. The monoisotopic (exact) mass is 225 g/mol. The van der Waals surface area contributed by atoms with E-state index in [0.29, 0.717) is 11.3 Å². The van der Waals surface area contributed by atoms with Crippen LogP contribution in [0.2, 0.25) is 0 Å². The fourth-order valence-electron chi connectivity index (χ4n) is 1.19. The molecule has 0 saturated carbocycles. The van der Waals surface area contributed by atoms with Gasteiger partial charge in [-0.15, -0.1) is 11.6 Å². The second-order valence-electron chi connectivity index (χ2n) is 2.76. The highest BCUT2D eigenvalue weighted by molar-refractivity contribution is 6.17. The quantitative estimate of drug-likeness (QED) is 0.799. The maximum absolute atomic E-state index is 10.7. The molecule has 5 heteroatoms. The summed E-state index contributed by atoms with van der Waals surface area (Å²) in [6.07, 6.45) is 0. The summed E-state index contributed by atoms with van der Waals surface area (Å²) in [7, 11) is 1.40. The van der Waals surface area contributed by atoms with Crippen LogP contribution in [0.25, 0.3) is 0 Å². The van der Waals surface area contributed by atoms with Crippen molar-refractivity contribution in [2.45, 2.75) is 5.88 Å². The van der Waals surface area contributed by atoms with Crippen LogP contribution in [0.3, 0.4) is 0 Å². The maximum Gasteiger partial charge on any atom is 0.335 e. The SMILES string of the molecule is COc1cc(C(=O)O)cc(C#N)c1CCl. The van der Waals surface area contributed by atoms with Crippen LogP contribution in [0.4, 0.5) is 0 Å². The summed E-state index contributed by atoms with van der Waals surface area (Å²) in [6.45, 7) is 0. The zero-order chi connectivity index (χ0) is 11.4. The summed E-state index contributed by atoms with van der Waals surface area (Å²) >= 11 is 5.65. The molecular weight excluding hydrogens is 218 g/mol. The average molecular weight is 226 g/mol. The van der Waals surface area contributed by atoms with Gasteiger partial charge in [-0.1, -0.05) is 0 Å². The summed E-state index contributed by atoms with van der Waals surface area (Å²) in [5, 5.41) is 17.6. The van der Waals surface area contributed by atoms with E-state index >= 15 is 0 Å². The number of hydrogen-bond donors (Lipinski definition) is 1. The number of carboxylic acids is 1. The number of carbonyl (C=O) groups is 1. The van der Waals surface area contributed by atoms with Gasteiger partial charge in [-0.25, -0.2) is 4.79 Å². The maximum atomic E-state index is 10.7. The van der Waals surface area contributed by atoms with Gasteiger partial charge in [-0.2, -0.15) is 5.26 Å². The number of nitriles is 1. The van der Waals surface area contributed by atoms with Crippen LogP contribution in [0, 0.1) is 11.3 Å². The van der Waals surface area contributed by atoms with Gasteiger partial charge in [0.2, 0.25) is 0 Å². The molecule has 0 aliphatic carbocycles. The van der Waals surface area contributed by atoms with Gasteiger partial charge >= 0.3 is 5.97 Å². The fourth-order valence-corrected chi connectivity index (χ4v) is 1.46. The summed E-state index contributed by atoms with van der Waals surface area (Å²) in [4.78, 5) is 10.7. The molecule has 4 nitrogen and oxygen atoms in total. The molecule has 0 spiro atoms. The molecule has 0 aliphatic heterocycles. The second kappa shape index (κ2) is 4.67. The number of benzene rings is 1. The van der Waals surface area contributed by atoms with Crippen LogP contribution in [0.15, 0.2) is 12.1 Å². The van der Waals surface area contributed by atoms with Gasteiger partial charge in [-0.05, 0) is 12.1 Å². The van der Waals surface area contributed by atoms with Crippen LogP contribution in [0.5, 0.6) is 5.75 Å². The van der Waals surface area contributed by atoms with E-state index in [-0.39, 0.29) is 17.0 Å². The smallest absolute Gasteiger partial charge is 0.335 e. The van der Waals surface area contributed by atoms with E-state index in [0.717, 1.165) is 0 Å². The van der Waals surface area contributed by atoms with E-state index in [1.807, 2.05) is 6.07 Å². The molecule has 1 N–H and O–H groups in total. The normalized spacial score (nSPS) is 9.40. The molecule has 0 radical (unpaired) electrons. The lowest BCUT2D eigenvalue weighted by molar-refractivity contribution is 0.0696. The van der Waals surface area contributed by atoms with Crippen molar-refractivity contribution >= 4 is 17.6 Å². The number of rotatable bonds is 3. The number of hydrogen-bond acceptors (Lipinski definition) is 3. The summed E-state index contributed by atoms with van der Waals surface area (Å²) in [5.41, 5.74) is 0.741. The summed E-state index contributed by atoms with van der Waals surface area (Å²) in [6, 6.07) is 4.52. The fraction of sp³-hybridized carbons (Fsp3) is 0.200. The average Bonchev–Trinajstić information content (AvgIpc) is 2.26. The first kappa shape index (κ1) is 11.3. The Kier molecular flexibility index (Phi) is 3.53. The van der Waals surface area contributed by atoms with Gasteiger partial charge in [0.05, 0.1) is 30.2 Å². The van der Waals surface area contributed by atoms with Gasteiger partial charge < -0.3 is 9.84 Å². The standard InChI is InChI=1S/C10H8ClNO3/c1-15-9-3-6(10(13)14)2-7(5-12)8(9)4-11/h2-3H,4H2,1H3,(H,13,14). The lowest BCUT2D eigenvalue weighted by Crippen LogP contribution is -2.01. The van der Waals surface area contributed by atoms with Crippen LogP contribution >= 0.6 is 11.6 Å². The van der Waals surface area contributed by atoms with Crippen LogP contribution in [-0.2, 0) is 5.88 Å². The minimum Gasteiger partial charge on any atom is -0.496 e. The van der Waals surface area contributed by atoms with Gasteiger partial charge in [0.15, 0.2) is 0 Å². The molecule has 0 bridgehead atoms. The van der Waals surface area contributed by atoms with Crippen molar-refractivity contribution in [3.8, 4) is 11.8 Å². The lowest BCUT2D eigenvalue weighted by atomic mass is 10.0. The molecule has 1 rings (SSSR count). The van der Waals surface area contributed by atoms with Crippen molar-refractivity contribution in [1.82, 2.24) is 0 Å². The Balaban J connectivity index is 3.44. The second-order valence-corrected chi connectivity index (χ2v) is 3.02. The predicted octanol–water partition coefficient (Wildman–Crippen LogP) is 2.00. The van der Waals surface area contributed by atoms with Gasteiger partial charge in [-0.3, -0.25) is 0 Å². The number of nitrogens with zero attached hydrogens (tertiary/aromatic N) is 1. The Bertz CT molecular complexity index is 437. The van der Waals surface area contributed by atoms with Gasteiger partial charge in [0.25, 0.3) is 0 Å². The predicted molar refractivity (Wildman–Crippen MR) is 54.2 cm³/mol. The van der Waals surface area contributed by atoms with Gasteiger partial charge in [0, 0.05) is 5.56 Å². The van der Waals surface area contributed by atoms with E-state index in [1.54, 1.807) is 0 Å². The molecule has 1 aromatic rings. The lowest BCUT2D eigenvalue weighted by Gasteiger charge is -2.08. The Hall–Kier alpha value is -1.73. The molecule has 0 fully saturated rings. The zero-order valence-corrected chi connectivity index (χ0v) is 8.71. The topological polar surface area (TPSA) is 70.3 Å². The van der Waals surface area contributed by atoms with E-state index in [4.69, 9.17) is 26.7 Å². The molecule has 15 heavy (non-hydrogen) atoms. The largest absolute Gasteiger partial charge is 0.496 e. The highest BCUT2D eigenvalue weighted by atomic mass is 35.5. The molecular formula is C10H8ClNO3. The minimum absolute atomic E-state index is 0.0114. The van der Waals surface area contributed by atoms with E-state index in [2.05, 4.69) is 0 Å². The first-order chi connectivity index (χ1) is 7.13. The zero-order valence-electron chi connectivity index (χ0n) is 7.95. The number of methoxy groups -OCH3 is 1. The third-order valence-corrected chi connectivity index (χ3v) is 2.20. The Labute approximate surface area is 91.7 Å². The number of halogens is 1. The van der Waals surface area contributed by atoms with E-state index in [9.17, 15) is 4.79 Å². The van der Waals surface area contributed by atoms with E-state index in [1.165, 1.54) is 19.2 Å². The van der Waals surface area contributed by atoms with Crippen molar-refractivity contribution in [1.29, 1.82) is 5.26 Å². The minimum atomic E-state index is -1.11. The first-order valence-corrected chi connectivity index (χ1v) is 4.57. The van der Waals surface area contributed by atoms with Crippen molar-refractivity contribution in [2.24, 2.45) is 0 Å². The van der Waals surface area contributed by atoms with Gasteiger partial charge in [0.1, 0.15) is 5.75 Å². The molecule has 78 valence electrons. The number of ether oxygens (including phenoxy) is 1. The third-order valence-electron chi connectivity index (χ3n) is 1.93. The van der Waals surface area contributed by atoms with Crippen LogP contribution in [0.1, 0.15) is 21.5 Å². The molecule has 0 saturated heterocycles. The molecule has 0 unspecified atom stereocenters. The van der Waals surface area contributed by atoms with Crippen molar-refractivity contribution in [3.05, 3.63) is 28.8 Å². The van der Waals surface area contributed by atoms with E-state index < -0.39 is 5.97 Å². The van der Waals surface area contributed by atoms with Crippen molar-refractivity contribution in [2.75, 3.05) is 7.11 Å². The molecule has 0 aromatic heterocycles. The number of alkyl halides is 1. The highest BCUT2D eigenvalue weighted by Gasteiger charge is 2.13. The van der Waals surface area contributed by atoms with Crippen molar-refractivity contribution < 1.29 is 14.6 Å². The number of aromatic carboxylic acids is 1. The Morgan fingerprint density at radius 1 is 1.67 bits per heavy atom. The summed E-state index contributed by atoms with van der Waals surface area (Å²) in [5.74, 6) is -0.682.